The van der Waals surface area contributed by atoms with Crippen molar-refractivity contribution in [3.05, 3.63) is 82.8 Å². The van der Waals surface area contributed by atoms with Gasteiger partial charge in [0.1, 0.15) is 5.75 Å². The van der Waals surface area contributed by atoms with Crippen molar-refractivity contribution in [2.45, 2.75) is 6.42 Å². The summed E-state index contributed by atoms with van der Waals surface area (Å²) >= 11 is 12.5. The highest BCUT2D eigenvalue weighted by atomic mass is 35.5. The van der Waals surface area contributed by atoms with Crippen molar-refractivity contribution in [1.82, 2.24) is 10.2 Å². The van der Waals surface area contributed by atoms with Crippen LogP contribution in [0.5, 0.6) is 5.75 Å². The molecule has 33 heavy (non-hydrogen) atoms. The summed E-state index contributed by atoms with van der Waals surface area (Å²) in [6, 6.07) is 23.4. The number of nitrogens with one attached hydrogen (secondary N) is 1. The number of hydrogen-bond donors (Lipinski definition) is 1. The van der Waals surface area contributed by atoms with Crippen LogP contribution in [0.3, 0.4) is 0 Å². The van der Waals surface area contributed by atoms with Crippen molar-refractivity contribution in [1.29, 1.82) is 0 Å². The number of amides is 1. The molecule has 0 unspecified atom stereocenters. The van der Waals surface area contributed by atoms with Crippen LogP contribution in [-0.4, -0.2) is 50.3 Å². The zero-order chi connectivity index (χ0) is 23.0. The fourth-order valence-corrected chi connectivity index (χ4v) is 4.35. The number of anilines is 1. The van der Waals surface area contributed by atoms with Gasteiger partial charge < -0.3 is 15.0 Å². The monoisotopic (exact) mass is 483 g/mol. The van der Waals surface area contributed by atoms with Gasteiger partial charge >= 0.3 is 6.09 Å². The number of piperazine rings is 1. The summed E-state index contributed by atoms with van der Waals surface area (Å²) in [7, 11) is 0. The van der Waals surface area contributed by atoms with Crippen molar-refractivity contribution in [3.8, 4) is 16.9 Å². The average molecular weight is 484 g/mol. The first-order valence-electron chi connectivity index (χ1n) is 11.1. The molecule has 0 bridgehead atoms. The molecule has 3 aromatic rings. The minimum atomic E-state index is -0.428. The van der Waals surface area contributed by atoms with E-state index < -0.39 is 6.09 Å². The maximum absolute atomic E-state index is 12.1. The standard InChI is InChI=1S/C26H27Cl2N3O2/c27-23-8-4-9-24(25(23)28)31-18-16-30(17-19-31)15-5-14-29-26(32)33-22-12-10-21(11-13-22)20-6-2-1-3-7-20/h1-4,6-13H,5,14-19H2,(H,29,32). The van der Waals surface area contributed by atoms with Gasteiger partial charge in [0.2, 0.25) is 0 Å². The molecule has 1 aliphatic heterocycles. The number of carbonyl (C=O) groups excluding carboxylic acids is 1. The summed E-state index contributed by atoms with van der Waals surface area (Å²) in [6.45, 7) is 5.18. The van der Waals surface area contributed by atoms with Gasteiger partial charge in [-0.25, -0.2) is 4.79 Å². The molecule has 1 N–H and O–H groups in total. The summed E-state index contributed by atoms with van der Waals surface area (Å²) in [6.07, 6.45) is 0.433. The van der Waals surface area contributed by atoms with Gasteiger partial charge in [0.25, 0.3) is 0 Å². The Bertz CT molecular complexity index is 1050. The number of benzene rings is 3. The molecule has 1 fully saturated rings. The zero-order valence-electron chi connectivity index (χ0n) is 18.3. The first-order chi connectivity index (χ1) is 16.1. The van der Waals surface area contributed by atoms with Crippen LogP contribution in [0, 0.1) is 0 Å². The lowest BCUT2D eigenvalue weighted by Crippen LogP contribution is -2.47. The fraction of sp³-hybridized carbons (Fsp3) is 0.269. The van der Waals surface area contributed by atoms with E-state index in [0.717, 1.165) is 56.0 Å². The van der Waals surface area contributed by atoms with E-state index in [0.29, 0.717) is 22.3 Å². The Kier molecular flexibility index (Phi) is 8.10. The number of carbonyl (C=O) groups is 1. The van der Waals surface area contributed by atoms with Crippen LogP contribution in [0.25, 0.3) is 11.1 Å². The number of halogens is 2. The fourth-order valence-electron chi connectivity index (χ4n) is 3.93. The number of rotatable bonds is 7. The third-order valence-corrected chi connectivity index (χ3v) is 6.55. The van der Waals surface area contributed by atoms with Crippen LogP contribution >= 0.6 is 23.2 Å². The molecule has 3 aromatic carbocycles. The summed E-state index contributed by atoms with van der Waals surface area (Å²) < 4.78 is 5.39. The van der Waals surface area contributed by atoms with Crippen LogP contribution < -0.4 is 15.0 Å². The lowest BCUT2D eigenvalue weighted by Gasteiger charge is -2.36. The second-order valence-electron chi connectivity index (χ2n) is 7.96. The summed E-state index contributed by atoms with van der Waals surface area (Å²) in [5.74, 6) is 0.531. The Morgan fingerprint density at radius 2 is 1.55 bits per heavy atom. The molecule has 0 atom stereocenters. The quantitative estimate of drug-likeness (QED) is 0.421. The first kappa shape index (κ1) is 23.4. The van der Waals surface area contributed by atoms with Gasteiger partial charge in [0.15, 0.2) is 0 Å². The van der Waals surface area contributed by atoms with E-state index in [1.165, 1.54) is 0 Å². The molecular weight excluding hydrogens is 457 g/mol. The Balaban J connectivity index is 1.14. The molecule has 0 radical (unpaired) electrons. The van der Waals surface area contributed by atoms with Gasteiger partial charge in [0.05, 0.1) is 15.7 Å². The molecule has 0 saturated carbocycles. The third-order valence-electron chi connectivity index (χ3n) is 5.74. The van der Waals surface area contributed by atoms with Gasteiger partial charge in [0, 0.05) is 32.7 Å². The predicted molar refractivity (Wildman–Crippen MR) is 136 cm³/mol. The molecule has 5 nitrogen and oxygen atoms in total. The predicted octanol–water partition coefficient (Wildman–Crippen LogP) is 5.96. The maximum atomic E-state index is 12.1. The molecule has 0 aliphatic carbocycles. The summed E-state index contributed by atoms with van der Waals surface area (Å²) in [5.41, 5.74) is 3.20. The smallest absolute Gasteiger partial charge is 0.410 e. The van der Waals surface area contributed by atoms with Crippen LogP contribution in [0.15, 0.2) is 72.8 Å². The molecular formula is C26H27Cl2N3O2. The Hall–Kier alpha value is -2.73. The topological polar surface area (TPSA) is 44.8 Å². The highest BCUT2D eigenvalue weighted by Gasteiger charge is 2.19. The minimum absolute atomic E-state index is 0.428. The van der Waals surface area contributed by atoms with E-state index >= 15 is 0 Å². The second-order valence-corrected chi connectivity index (χ2v) is 8.75. The summed E-state index contributed by atoms with van der Waals surface area (Å²) in [4.78, 5) is 16.8. The van der Waals surface area contributed by atoms with Gasteiger partial charge in [-0.15, -0.1) is 0 Å². The highest BCUT2D eigenvalue weighted by Crippen LogP contribution is 2.32. The molecule has 1 aliphatic rings. The van der Waals surface area contributed by atoms with E-state index in [1.807, 2.05) is 54.6 Å². The van der Waals surface area contributed by atoms with Gasteiger partial charge in [-0.2, -0.15) is 0 Å². The molecule has 0 aromatic heterocycles. The Morgan fingerprint density at radius 3 is 2.27 bits per heavy atom. The average Bonchev–Trinajstić information content (AvgIpc) is 2.85. The molecule has 172 valence electrons. The molecule has 1 amide bonds. The number of nitrogens with zero attached hydrogens (tertiary/aromatic N) is 2. The normalized spacial score (nSPS) is 14.2. The largest absolute Gasteiger partial charge is 0.412 e. The van der Waals surface area contributed by atoms with Crippen LogP contribution in [0.4, 0.5) is 10.5 Å². The van der Waals surface area contributed by atoms with Gasteiger partial charge in [-0.1, -0.05) is 71.7 Å². The molecule has 7 heteroatoms. The molecule has 1 heterocycles. The van der Waals surface area contributed by atoms with E-state index in [2.05, 4.69) is 27.2 Å². The maximum Gasteiger partial charge on any atom is 0.412 e. The molecule has 0 spiro atoms. The SMILES string of the molecule is O=C(NCCCN1CCN(c2cccc(Cl)c2Cl)CC1)Oc1ccc(-c2ccccc2)cc1. The lowest BCUT2D eigenvalue weighted by atomic mass is 10.1. The highest BCUT2D eigenvalue weighted by molar-refractivity contribution is 6.43. The van der Waals surface area contributed by atoms with Gasteiger partial charge in [-0.3, -0.25) is 4.90 Å². The zero-order valence-corrected chi connectivity index (χ0v) is 19.9. The van der Waals surface area contributed by atoms with E-state index in [9.17, 15) is 4.79 Å². The Morgan fingerprint density at radius 1 is 0.848 bits per heavy atom. The van der Waals surface area contributed by atoms with Crippen molar-refractivity contribution in [2.75, 3.05) is 44.2 Å². The second kappa shape index (κ2) is 11.4. The first-order valence-corrected chi connectivity index (χ1v) is 11.9. The lowest BCUT2D eigenvalue weighted by molar-refractivity contribution is 0.198. The number of hydrogen-bond acceptors (Lipinski definition) is 4. The van der Waals surface area contributed by atoms with E-state index in [1.54, 1.807) is 6.07 Å². The van der Waals surface area contributed by atoms with Crippen molar-refractivity contribution in [3.63, 3.8) is 0 Å². The van der Waals surface area contributed by atoms with Crippen LogP contribution in [0.1, 0.15) is 6.42 Å². The van der Waals surface area contributed by atoms with Gasteiger partial charge in [-0.05, 0) is 48.4 Å². The summed E-state index contributed by atoms with van der Waals surface area (Å²) in [5, 5.41) is 4.04. The Labute approximate surface area is 204 Å². The molecule has 1 saturated heterocycles. The van der Waals surface area contributed by atoms with Crippen LogP contribution in [-0.2, 0) is 0 Å². The molecule has 4 rings (SSSR count). The number of ether oxygens (including phenoxy) is 1. The van der Waals surface area contributed by atoms with Crippen LogP contribution in [0.2, 0.25) is 10.0 Å². The van der Waals surface area contributed by atoms with Crippen molar-refractivity contribution < 1.29 is 9.53 Å². The minimum Gasteiger partial charge on any atom is -0.410 e. The third kappa shape index (κ3) is 6.41. The van der Waals surface area contributed by atoms with E-state index in [4.69, 9.17) is 27.9 Å². The van der Waals surface area contributed by atoms with E-state index in [-0.39, 0.29) is 0 Å². The van der Waals surface area contributed by atoms with Crippen molar-refractivity contribution in [2.24, 2.45) is 0 Å². The van der Waals surface area contributed by atoms with Crippen molar-refractivity contribution >= 4 is 35.0 Å².